The summed E-state index contributed by atoms with van der Waals surface area (Å²) >= 11 is 0.716. The van der Waals surface area contributed by atoms with Crippen LogP contribution < -0.4 is 15.8 Å². The molecule has 0 atom stereocenters. The Labute approximate surface area is 233 Å². The van der Waals surface area contributed by atoms with E-state index >= 15 is 0 Å². The van der Waals surface area contributed by atoms with E-state index in [1.165, 1.54) is 22.3 Å². The number of alkyl carbamates (subject to hydrolysis) is 1. The van der Waals surface area contributed by atoms with Crippen LogP contribution in [0.2, 0.25) is 0 Å². The zero-order valence-corrected chi connectivity index (χ0v) is 23.8. The van der Waals surface area contributed by atoms with Crippen LogP contribution in [0.15, 0.2) is 52.9 Å². The number of ether oxygens (including phenoxy) is 1. The van der Waals surface area contributed by atoms with Crippen LogP contribution in [0.4, 0.5) is 9.93 Å². The topological polar surface area (TPSA) is 153 Å². The van der Waals surface area contributed by atoms with Gasteiger partial charge in [0.1, 0.15) is 6.61 Å². The van der Waals surface area contributed by atoms with Crippen LogP contribution in [0.1, 0.15) is 69.4 Å². The summed E-state index contributed by atoms with van der Waals surface area (Å²) in [6.07, 6.45) is 4.08. The van der Waals surface area contributed by atoms with Crippen LogP contribution in [-0.4, -0.2) is 43.8 Å². The SMILES string of the molecule is CC.NS(=O)(=O)c1nnc(NC(=O)CCCCCCCNC(=O)OCC2c3ccccc3-c3ccccc32)s1. The van der Waals surface area contributed by atoms with Gasteiger partial charge in [0.05, 0.1) is 0 Å². The highest BCUT2D eigenvalue weighted by molar-refractivity contribution is 7.91. The molecule has 1 aliphatic rings. The molecule has 0 bridgehead atoms. The minimum absolute atomic E-state index is 0.0398. The predicted molar refractivity (Wildman–Crippen MR) is 152 cm³/mol. The molecule has 39 heavy (non-hydrogen) atoms. The summed E-state index contributed by atoms with van der Waals surface area (Å²) in [6.45, 7) is 4.82. The quantitative estimate of drug-likeness (QED) is 0.203. The molecule has 210 valence electrons. The van der Waals surface area contributed by atoms with Crippen molar-refractivity contribution in [3.8, 4) is 11.1 Å². The summed E-state index contributed by atoms with van der Waals surface area (Å²) in [5.74, 6) is -0.216. The standard InChI is InChI=1S/C25H29N5O5S2.C2H6/c26-37(33,34)25-30-29-23(36-25)28-22(31)14-4-2-1-3-9-15-27-24(32)35-16-21-19-12-7-5-10-17(19)18-11-6-8-13-20(18)21;1-2/h5-8,10-13,21H,1-4,9,14-16H2,(H,27,32)(H2,26,33,34)(H,28,29,31);1-2H3. The predicted octanol–water partition coefficient (Wildman–Crippen LogP) is 5.03. The average Bonchev–Trinajstić information content (AvgIpc) is 3.53. The van der Waals surface area contributed by atoms with E-state index < -0.39 is 16.1 Å². The van der Waals surface area contributed by atoms with E-state index in [4.69, 9.17) is 9.88 Å². The number of nitrogens with one attached hydrogen (secondary N) is 2. The molecule has 10 nitrogen and oxygen atoms in total. The molecule has 0 saturated carbocycles. The molecule has 0 aliphatic heterocycles. The van der Waals surface area contributed by atoms with Crippen LogP contribution in [-0.2, 0) is 19.6 Å². The highest BCUT2D eigenvalue weighted by atomic mass is 32.2. The molecule has 1 heterocycles. The first-order valence-electron chi connectivity index (χ1n) is 13.1. The molecule has 1 aromatic heterocycles. The number of rotatable bonds is 12. The Kier molecular flexibility index (Phi) is 11.4. The maximum Gasteiger partial charge on any atom is 0.407 e. The number of hydrogen-bond donors (Lipinski definition) is 3. The number of anilines is 1. The van der Waals surface area contributed by atoms with Crippen molar-refractivity contribution >= 4 is 38.5 Å². The second kappa shape index (κ2) is 14.7. The van der Waals surface area contributed by atoms with E-state index in [0.717, 1.165) is 25.7 Å². The minimum Gasteiger partial charge on any atom is -0.449 e. The number of unbranched alkanes of at least 4 members (excludes halogenated alkanes) is 4. The Morgan fingerprint density at radius 2 is 1.51 bits per heavy atom. The number of carbonyl (C=O) groups is 2. The molecule has 0 radical (unpaired) electrons. The third kappa shape index (κ3) is 8.57. The Balaban J connectivity index is 0.00000205. The fourth-order valence-corrected chi connectivity index (χ4v) is 5.69. The fraction of sp³-hybridized carbons (Fsp3) is 0.407. The first-order chi connectivity index (χ1) is 18.8. The molecule has 0 saturated heterocycles. The number of aromatic nitrogens is 2. The Morgan fingerprint density at radius 1 is 0.923 bits per heavy atom. The first-order valence-corrected chi connectivity index (χ1v) is 15.4. The molecule has 4 N–H and O–H groups in total. The molecular formula is C27H35N5O5S2. The van der Waals surface area contributed by atoms with Crippen molar-refractivity contribution in [3.05, 3.63) is 59.7 Å². The Hall–Kier alpha value is -3.35. The third-order valence-electron chi connectivity index (χ3n) is 6.09. The van der Waals surface area contributed by atoms with Crippen LogP contribution in [0.3, 0.4) is 0 Å². The van der Waals surface area contributed by atoms with Gasteiger partial charge < -0.3 is 15.4 Å². The molecule has 0 fully saturated rings. The molecular weight excluding hydrogens is 538 g/mol. The van der Waals surface area contributed by atoms with Crippen molar-refractivity contribution in [2.24, 2.45) is 5.14 Å². The molecule has 2 amide bonds. The zero-order chi connectivity index (χ0) is 28.3. The first kappa shape index (κ1) is 30.2. The van der Waals surface area contributed by atoms with Gasteiger partial charge in [0.15, 0.2) is 0 Å². The van der Waals surface area contributed by atoms with E-state index in [1.807, 2.05) is 38.1 Å². The van der Waals surface area contributed by atoms with Crippen molar-refractivity contribution in [1.82, 2.24) is 15.5 Å². The van der Waals surface area contributed by atoms with Gasteiger partial charge in [-0.2, -0.15) is 0 Å². The molecule has 4 rings (SSSR count). The maximum absolute atomic E-state index is 12.2. The van der Waals surface area contributed by atoms with E-state index in [9.17, 15) is 18.0 Å². The lowest BCUT2D eigenvalue weighted by Gasteiger charge is -2.14. The summed E-state index contributed by atoms with van der Waals surface area (Å²) in [7, 11) is -3.92. The van der Waals surface area contributed by atoms with Crippen LogP contribution in [0, 0.1) is 0 Å². The summed E-state index contributed by atoms with van der Waals surface area (Å²) in [5, 5.41) is 17.5. The van der Waals surface area contributed by atoms with Gasteiger partial charge in [0.25, 0.3) is 10.0 Å². The number of nitrogens with zero attached hydrogens (tertiary/aromatic N) is 2. The van der Waals surface area contributed by atoms with Crippen molar-refractivity contribution in [2.75, 3.05) is 18.5 Å². The fourth-order valence-electron chi connectivity index (χ4n) is 4.34. The van der Waals surface area contributed by atoms with Gasteiger partial charge in [-0.05, 0) is 35.1 Å². The van der Waals surface area contributed by atoms with Gasteiger partial charge in [-0.1, -0.05) is 93.0 Å². The lowest BCUT2D eigenvalue weighted by atomic mass is 9.98. The van der Waals surface area contributed by atoms with Gasteiger partial charge in [0, 0.05) is 18.9 Å². The summed E-state index contributed by atoms with van der Waals surface area (Å²) in [4.78, 5) is 24.2. The largest absolute Gasteiger partial charge is 0.449 e. The number of hydrogen-bond acceptors (Lipinski definition) is 8. The highest BCUT2D eigenvalue weighted by Gasteiger charge is 2.28. The van der Waals surface area contributed by atoms with Crippen molar-refractivity contribution in [3.63, 3.8) is 0 Å². The van der Waals surface area contributed by atoms with Crippen LogP contribution in [0.25, 0.3) is 11.1 Å². The highest BCUT2D eigenvalue weighted by Crippen LogP contribution is 2.44. The van der Waals surface area contributed by atoms with Crippen molar-refractivity contribution < 1.29 is 22.7 Å². The number of carbonyl (C=O) groups excluding carboxylic acids is 2. The summed E-state index contributed by atoms with van der Waals surface area (Å²) in [5.41, 5.74) is 4.76. The van der Waals surface area contributed by atoms with Gasteiger partial charge in [-0.25, -0.2) is 18.4 Å². The molecule has 12 heteroatoms. The molecule has 0 spiro atoms. The summed E-state index contributed by atoms with van der Waals surface area (Å²) < 4.78 is 27.6. The lowest BCUT2D eigenvalue weighted by Crippen LogP contribution is -2.27. The van der Waals surface area contributed by atoms with Crippen molar-refractivity contribution in [1.29, 1.82) is 0 Å². The maximum atomic E-state index is 12.2. The van der Waals surface area contributed by atoms with Gasteiger partial charge in [-0.3, -0.25) is 4.79 Å². The van der Waals surface area contributed by atoms with Gasteiger partial charge in [-0.15, -0.1) is 10.2 Å². The average molecular weight is 574 g/mol. The minimum atomic E-state index is -3.92. The smallest absolute Gasteiger partial charge is 0.407 e. The second-order valence-corrected chi connectivity index (χ2v) is 11.4. The van der Waals surface area contributed by atoms with Crippen LogP contribution >= 0.6 is 11.3 Å². The number of amides is 2. The normalized spacial score (nSPS) is 12.1. The monoisotopic (exact) mass is 573 g/mol. The Morgan fingerprint density at radius 3 is 2.13 bits per heavy atom. The molecule has 0 unspecified atom stereocenters. The van der Waals surface area contributed by atoms with E-state index in [1.54, 1.807) is 0 Å². The van der Waals surface area contributed by atoms with E-state index in [-0.39, 0.29) is 21.3 Å². The van der Waals surface area contributed by atoms with Crippen LogP contribution in [0.5, 0.6) is 0 Å². The second-order valence-electron chi connectivity index (χ2n) is 8.74. The summed E-state index contributed by atoms with van der Waals surface area (Å²) in [6, 6.07) is 16.4. The van der Waals surface area contributed by atoms with E-state index in [0.29, 0.717) is 37.3 Å². The van der Waals surface area contributed by atoms with Crippen molar-refractivity contribution in [2.45, 2.75) is 62.6 Å². The zero-order valence-electron chi connectivity index (χ0n) is 22.2. The van der Waals surface area contributed by atoms with E-state index in [2.05, 4.69) is 45.1 Å². The van der Waals surface area contributed by atoms with Gasteiger partial charge in [0.2, 0.25) is 15.4 Å². The number of benzene rings is 2. The molecule has 2 aromatic carbocycles. The van der Waals surface area contributed by atoms with Gasteiger partial charge >= 0.3 is 6.09 Å². The number of sulfonamides is 1. The number of nitrogens with two attached hydrogens (primary N) is 1. The Bertz CT molecular complexity index is 1310. The molecule has 1 aliphatic carbocycles. The third-order valence-corrected chi connectivity index (χ3v) is 8.24. The molecule has 3 aromatic rings. The number of primary sulfonamides is 1. The lowest BCUT2D eigenvalue weighted by molar-refractivity contribution is -0.116. The number of fused-ring (bicyclic) bond motifs is 3.